The summed E-state index contributed by atoms with van der Waals surface area (Å²) < 4.78 is 39.5. The molecule has 0 unspecified atom stereocenters. The maximum Gasteiger partial charge on any atom is 0.325 e. The lowest BCUT2D eigenvalue weighted by atomic mass is 10.1. The van der Waals surface area contributed by atoms with E-state index in [1.54, 1.807) is 0 Å². The van der Waals surface area contributed by atoms with E-state index in [4.69, 9.17) is 44.3 Å². The molecule has 0 radical (unpaired) electrons. The van der Waals surface area contributed by atoms with Crippen molar-refractivity contribution in [2.24, 2.45) is 0 Å². The fourth-order valence-electron chi connectivity index (χ4n) is 6.99. The Morgan fingerprint density at radius 2 is 0.533 bits per heavy atom. The van der Waals surface area contributed by atoms with Gasteiger partial charge in [-0.25, -0.2) is 28.7 Å². The molecule has 0 fully saturated rings. The Bertz CT molecular complexity index is 1750. The zero-order valence-corrected chi connectivity index (χ0v) is 37.5. The Kier molecular flexibility index (Phi) is 21.3. The van der Waals surface area contributed by atoms with E-state index < -0.39 is 22.8 Å². The molecule has 15 nitrogen and oxygen atoms in total. The number of rotatable bonds is 30. The summed E-state index contributed by atoms with van der Waals surface area (Å²) in [6.07, 6.45) is 28.5. The molecule has 18 heteroatoms. The van der Waals surface area contributed by atoms with Gasteiger partial charge in [0.2, 0.25) is 0 Å². The smallest absolute Gasteiger partial charge is 0.324 e. The van der Waals surface area contributed by atoms with Crippen molar-refractivity contribution in [2.75, 3.05) is 18.5 Å². The molecule has 0 aromatic carbocycles. The Hall–Kier alpha value is -3.09. The molecule has 4 aromatic rings. The number of nitrogens with zero attached hydrogens (tertiary/aromatic N) is 6. The summed E-state index contributed by atoms with van der Waals surface area (Å²) in [6.45, 7) is 2.59. The van der Waals surface area contributed by atoms with E-state index in [9.17, 15) is 13.7 Å². The van der Waals surface area contributed by atoms with Crippen LogP contribution >= 0.6 is 22.8 Å². The molecule has 0 amide bonds. The number of hydrogen-bond acceptors (Lipinski definition) is 6. The van der Waals surface area contributed by atoms with Gasteiger partial charge in [-0.2, -0.15) is 0 Å². The highest BCUT2D eigenvalue weighted by molar-refractivity contribution is 7.52. The molecule has 0 spiro atoms. The van der Waals surface area contributed by atoms with E-state index in [2.05, 4.69) is 13.7 Å². The quantitative estimate of drug-likeness (QED) is 0.0173. The summed E-state index contributed by atoms with van der Waals surface area (Å²) in [5.74, 6) is 1.73. The second-order valence-electron chi connectivity index (χ2n) is 15.8. The lowest BCUT2D eigenvalue weighted by Crippen LogP contribution is -2.32. The molecule has 4 rings (SSSR count). The number of pyridine rings is 3. The van der Waals surface area contributed by atoms with Crippen molar-refractivity contribution >= 4 is 22.8 Å². The summed E-state index contributed by atoms with van der Waals surface area (Å²) in [7, 11) is -11.7. The van der Waals surface area contributed by atoms with Gasteiger partial charge in [-0.15, -0.1) is 0 Å². The minimum absolute atomic E-state index is 0.0366. The van der Waals surface area contributed by atoms with Crippen molar-refractivity contribution in [1.29, 1.82) is 0 Å². The van der Waals surface area contributed by atoms with Crippen LogP contribution in [0.2, 0.25) is 0 Å². The molecule has 60 heavy (non-hydrogen) atoms. The maximum absolute atomic E-state index is 11.0. The van der Waals surface area contributed by atoms with Crippen molar-refractivity contribution in [3.63, 3.8) is 0 Å². The molecule has 0 atom stereocenters. The average molecular weight is 892 g/mol. The largest absolute Gasteiger partial charge is 0.325 e. The lowest BCUT2D eigenvalue weighted by Gasteiger charge is -2.08. The molecule has 4 heterocycles. The van der Waals surface area contributed by atoms with E-state index in [1.165, 1.54) is 0 Å². The van der Waals surface area contributed by atoms with Crippen molar-refractivity contribution in [1.82, 2.24) is 15.0 Å². The van der Waals surface area contributed by atoms with Crippen molar-refractivity contribution in [3.8, 4) is 34.2 Å². The highest BCUT2D eigenvalue weighted by Crippen LogP contribution is 2.37. The molecule has 0 bridgehead atoms. The molecule has 0 saturated heterocycles. The standard InChI is InChI=1S/C42H63N6O9P3/c49-58(50,51)34-16-10-4-1-7-13-25-46-28-19-37(20-29-46)40-43-41(38-21-30-47(31-22-38)26-14-8-2-5-11-17-35-59(52,53)54)45-42(44-40)39-23-32-48(33-24-39)27-15-9-3-6-12-18-36-60(55,56)57/h19-24,28-33H,1-18,25-27,34-36H2,(H3-3,49,50,51,52,53,54,55,56,57)/p+3. The van der Waals surface area contributed by atoms with Gasteiger partial charge < -0.3 is 29.4 Å². The van der Waals surface area contributed by atoms with Gasteiger partial charge in [0.25, 0.3) is 0 Å². The van der Waals surface area contributed by atoms with Crippen LogP contribution in [0, 0.1) is 0 Å². The molecular formula is C42H66N6O9P3+3. The summed E-state index contributed by atoms with van der Waals surface area (Å²) in [5.41, 5.74) is 2.63. The van der Waals surface area contributed by atoms with Gasteiger partial charge in [0, 0.05) is 90.8 Å². The minimum atomic E-state index is -3.90. The predicted molar refractivity (Wildman–Crippen MR) is 231 cm³/mol. The van der Waals surface area contributed by atoms with Crippen LogP contribution in [0.25, 0.3) is 34.2 Å². The number of hydrogen-bond donors (Lipinski definition) is 6. The van der Waals surface area contributed by atoms with Crippen LogP contribution in [-0.4, -0.2) is 62.8 Å². The molecule has 6 N–H and O–H groups in total. The molecule has 4 aromatic heterocycles. The fourth-order valence-corrected chi connectivity index (χ4v) is 8.89. The number of aryl methyl sites for hydroxylation is 3. The predicted octanol–water partition coefficient (Wildman–Crippen LogP) is 7.29. The highest BCUT2D eigenvalue weighted by atomic mass is 31.2. The van der Waals surface area contributed by atoms with Gasteiger partial charge in [0.05, 0.1) is 0 Å². The van der Waals surface area contributed by atoms with E-state index in [0.29, 0.717) is 36.7 Å². The third-order valence-electron chi connectivity index (χ3n) is 10.4. The van der Waals surface area contributed by atoms with Crippen LogP contribution < -0.4 is 13.7 Å². The van der Waals surface area contributed by atoms with Gasteiger partial charge >= 0.3 is 22.8 Å². The van der Waals surface area contributed by atoms with Crippen LogP contribution in [0.5, 0.6) is 0 Å². The average Bonchev–Trinajstić information content (AvgIpc) is 3.20. The fraction of sp³-hybridized carbons (Fsp3) is 0.571. The zero-order chi connectivity index (χ0) is 43.3. The first-order valence-corrected chi connectivity index (χ1v) is 26.9. The van der Waals surface area contributed by atoms with Gasteiger partial charge in [0.1, 0.15) is 19.6 Å². The third kappa shape index (κ3) is 21.1. The first kappa shape index (κ1) is 49.6. The monoisotopic (exact) mass is 891 g/mol. The molecule has 0 aliphatic carbocycles. The number of aromatic nitrogens is 6. The van der Waals surface area contributed by atoms with Gasteiger partial charge in [-0.05, 0) is 38.5 Å². The van der Waals surface area contributed by atoms with Crippen LogP contribution in [-0.2, 0) is 33.3 Å². The SMILES string of the molecule is O=P(O)(O)CCCCCCCC[n+]1ccc(-c2nc(-c3cc[n+](CCCCCCCCP(=O)(O)O)cc3)nc(-c3cc[n+](CCCCCCCCP(=O)(O)O)cc3)n2)cc1. The van der Waals surface area contributed by atoms with Crippen LogP contribution in [0.15, 0.2) is 73.6 Å². The number of unbranched alkanes of at least 4 members (excludes halogenated alkanes) is 15. The third-order valence-corrected chi connectivity index (χ3v) is 13.1. The second kappa shape index (κ2) is 25.8. The highest BCUT2D eigenvalue weighted by Gasteiger charge is 2.17. The molecule has 330 valence electrons. The maximum atomic E-state index is 11.0. The Morgan fingerprint density at radius 3 is 0.750 bits per heavy atom. The molecular weight excluding hydrogens is 825 g/mol. The Morgan fingerprint density at radius 1 is 0.333 bits per heavy atom. The second-order valence-corrected chi connectivity index (χ2v) is 21.1. The summed E-state index contributed by atoms with van der Waals surface area (Å²) >= 11 is 0. The van der Waals surface area contributed by atoms with Crippen LogP contribution in [0.1, 0.15) is 116 Å². The van der Waals surface area contributed by atoms with Gasteiger partial charge in [-0.1, -0.05) is 57.8 Å². The van der Waals surface area contributed by atoms with Crippen LogP contribution in [0.3, 0.4) is 0 Å². The Balaban J connectivity index is 1.37. The van der Waals surface area contributed by atoms with Crippen molar-refractivity contribution < 1.29 is 56.8 Å². The first-order valence-electron chi connectivity index (χ1n) is 21.5. The van der Waals surface area contributed by atoms with Crippen LogP contribution in [0.4, 0.5) is 0 Å². The minimum Gasteiger partial charge on any atom is -0.324 e. The van der Waals surface area contributed by atoms with Crippen molar-refractivity contribution in [2.45, 2.75) is 135 Å². The van der Waals surface area contributed by atoms with Gasteiger partial charge in [-0.3, -0.25) is 13.7 Å². The van der Waals surface area contributed by atoms with E-state index in [0.717, 1.165) is 133 Å². The lowest BCUT2D eigenvalue weighted by molar-refractivity contribution is -0.697. The van der Waals surface area contributed by atoms with E-state index in [-0.39, 0.29) is 18.5 Å². The van der Waals surface area contributed by atoms with E-state index >= 15 is 0 Å². The normalized spacial score (nSPS) is 12.3. The summed E-state index contributed by atoms with van der Waals surface area (Å²) in [5, 5.41) is 0. The summed E-state index contributed by atoms with van der Waals surface area (Å²) in [4.78, 5) is 69.0. The topological polar surface area (TPSA) is 223 Å². The zero-order valence-electron chi connectivity index (χ0n) is 34.8. The van der Waals surface area contributed by atoms with Gasteiger partial charge in [0.15, 0.2) is 54.7 Å². The van der Waals surface area contributed by atoms with Crippen molar-refractivity contribution in [3.05, 3.63) is 73.6 Å². The van der Waals surface area contributed by atoms with E-state index in [1.807, 2.05) is 73.6 Å². The molecule has 0 aliphatic heterocycles. The molecule has 0 saturated carbocycles. The Labute approximate surface area is 354 Å². The summed E-state index contributed by atoms with van der Waals surface area (Å²) in [6, 6.07) is 12.2. The first-order chi connectivity index (χ1) is 28.6. The molecule has 0 aliphatic rings.